The molecule has 1 N–H and O–H groups in total. The van der Waals surface area contributed by atoms with E-state index in [-0.39, 0.29) is 30.1 Å². The van der Waals surface area contributed by atoms with Gasteiger partial charge in [-0.1, -0.05) is 26.0 Å². The Bertz CT molecular complexity index is 998. The third kappa shape index (κ3) is 6.51. The Hall–Kier alpha value is -3.48. The highest BCUT2D eigenvalue weighted by atomic mass is 16.5. The van der Waals surface area contributed by atoms with Gasteiger partial charge in [-0.25, -0.2) is 4.79 Å². The van der Waals surface area contributed by atoms with Crippen molar-refractivity contribution in [1.82, 2.24) is 4.90 Å². The standard InChI is InChI=1S/C25H28N2O5/c1-17(2)13-23(29)26-21-10-8-19(9-11-21)22(28)16-32-25(31)20-6-3-5-18(14-20)15-27-12-4-7-24(27)30/h3,5-6,8-11,14,17H,4,7,12-13,15-16H2,1-2H3,(H,26,29). The quantitative estimate of drug-likeness (QED) is 0.476. The minimum atomic E-state index is -0.592. The monoisotopic (exact) mass is 436 g/mol. The number of rotatable bonds is 9. The number of anilines is 1. The summed E-state index contributed by atoms with van der Waals surface area (Å²) in [5.74, 6) is -0.630. The molecule has 0 spiro atoms. The maximum atomic E-state index is 12.4. The molecule has 1 saturated heterocycles. The molecular weight excluding hydrogens is 408 g/mol. The lowest BCUT2D eigenvalue weighted by molar-refractivity contribution is -0.128. The number of hydrogen-bond acceptors (Lipinski definition) is 5. The molecule has 32 heavy (non-hydrogen) atoms. The molecule has 0 atom stereocenters. The highest BCUT2D eigenvalue weighted by Gasteiger charge is 2.20. The van der Waals surface area contributed by atoms with E-state index in [4.69, 9.17) is 4.74 Å². The van der Waals surface area contributed by atoms with Gasteiger partial charge in [-0.05, 0) is 54.3 Å². The topological polar surface area (TPSA) is 92.8 Å². The highest BCUT2D eigenvalue weighted by Crippen LogP contribution is 2.16. The van der Waals surface area contributed by atoms with Crippen molar-refractivity contribution < 1.29 is 23.9 Å². The third-order valence-electron chi connectivity index (χ3n) is 5.13. The molecule has 1 fully saturated rings. The fraction of sp³-hybridized carbons (Fsp3) is 0.360. The Morgan fingerprint density at radius 3 is 2.47 bits per heavy atom. The Morgan fingerprint density at radius 1 is 1.06 bits per heavy atom. The van der Waals surface area contributed by atoms with Crippen molar-refractivity contribution in [2.24, 2.45) is 5.92 Å². The van der Waals surface area contributed by atoms with Gasteiger partial charge >= 0.3 is 5.97 Å². The van der Waals surface area contributed by atoms with Crippen molar-refractivity contribution in [2.45, 2.75) is 39.7 Å². The number of benzene rings is 2. The van der Waals surface area contributed by atoms with Gasteiger partial charge in [0.1, 0.15) is 0 Å². The molecule has 3 rings (SSSR count). The molecule has 0 aromatic heterocycles. The number of carbonyl (C=O) groups is 4. The first kappa shape index (κ1) is 23.2. The summed E-state index contributed by atoms with van der Waals surface area (Å²) in [4.78, 5) is 50.2. The summed E-state index contributed by atoms with van der Waals surface area (Å²) in [5.41, 5.74) is 2.18. The van der Waals surface area contributed by atoms with E-state index in [1.807, 2.05) is 19.9 Å². The second kappa shape index (κ2) is 10.7. The van der Waals surface area contributed by atoms with Crippen molar-refractivity contribution in [2.75, 3.05) is 18.5 Å². The average Bonchev–Trinajstić information content (AvgIpc) is 3.16. The number of likely N-dealkylation sites (tertiary alicyclic amines) is 1. The molecule has 2 aromatic rings. The van der Waals surface area contributed by atoms with Gasteiger partial charge in [0, 0.05) is 37.2 Å². The van der Waals surface area contributed by atoms with E-state index in [1.165, 1.54) is 0 Å². The van der Waals surface area contributed by atoms with Crippen LogP contribution in [-0.2, 0) is 20.9 Å². The SMILES string of the molecule is CC(C)CC(=O)Nc1ccc(C(=O)COC(=O)c2cccc(CN3CCCC3=O)c2)cc1. The zero-order valence-electron chi connectivity index (χ0n) is 18.4. The lowest BCUT2D eigenvalue weighted by Crippen LogP contribution is -2.24. The van der Waals surface area contributed by atoms with Crippen LogP contribution in [-0.4, -0.2) is 41.6 Å². The van der Waals surface area contributed by atoms with Crippen LogP contribution in [0.1, 0.15) is 59.4 Å². The molecule has 168 valence electrons. The first-order chi connectivity index (χ1) is 15.3. The first-order valence-electron chi connectivity index (χ1n) is 10.8. The average molecular weight is 437 g/mol. The summed E-state index contributed by atoms with van der Waals surface area (Å²) in [6, 6.07) is 13.4. The smallest absolute Gasteiger partial charge is 0.338 e. The minimum absolute atomic E-state index is 0.0793. The van der Waals surface area contributed by atoms with Crippen LogP contribution in [0.5, 0.6) is 0 Å². The van der Waals surface area contributed by atoms with Crippen LogP contribution < -0.4 is 5.32 Å². The molecule has 7 nitrogen and oxygen atoms in total. The molecule has 1 heterocycles. The van der Waals surface area contributed by atoms with Crippen LogP contribution in [0.15, 0.2) is 48.5 Å². The van der Waals surface area contributed by atoms with Crippen molar-refractivity contribution in [3.05, 3.63) is 65.2 Å². The maximum absolute atomic E-state index is 12.4. The first-order valence-corrected chi connectivity index (χ1v) is 10.8. The maximum Gasteiger partial charge on any atom is 0.338 e. The summed E-state index contributed by atoms with van der Waals surface area (Å²) >= 11 is 0. The molecule has 7 heteroatoms. The zero-order chi connectivity index (χ0) is 23.1. The molecule has 2 amide bonds. The van der Waals surface area contributed by atoms with Crippen LogP contribution in [0.3, 0.4) is 0 Å². The molecular formula is C25H28N2O5. The van der Waals surface area contributed by atoms with Gasteiger partial charge in [-0.3, -0.25) is 14.4 Å². The van der Waals surface area contributed by atoms with Crippen LogP contribution >= 0.6 is 0 Å². The number of Topliss-reactive ketones (excluding diaryl/α,β-unsaturated/α-hetero) is 1. The lowest BCUT2D eigenvalue weighted by atomic mass is 10.1. The van der Waals surface area contributed by atoms with Crippen LogP contribution in [0.2, 0.25) is 0 Å². The molecule has 0 aliphatic carbocycles. The summed E-state index contributed by atoms with van der Waals surface area (Å²) in [6.07, 6.45) is 1.84. The largest absolute Gasteiger partial charge is 0.454 e. The summed E-state index contributed by atoms with van der Waals surface area (Å²) in [7, 11) is 0. The Balaban J connectivity index is 1.52. The van der Waals surface area contributed by atoms with Gasteiger partial charge in [0.2, 0.25) is 11.8 Å². The highest BCUT2D eigenvalue weighted by molar-refractivity contribution is 6.00. The second-order valence-corrected chi connectivity index (χ2v) is 8.34. The van der Waals surface area contributed by atoms with E-state index in [0.29, 0.717) is 36.2 Å². The van der Waals surface area contributed by atoms with Gasteiger partial charge in [-0.2, -0.15) is 0 Å². The van der Waals surface area contributed by atoms with E-state index < -0.39 is 5.97 Å². The predicted molar refractivity (Wildman–Crippen MR) is 120 cm³/mol. The second-order valence-electron chi connectivity index (χ2n) is 8.34. The van der Waals surface area contributed by atoms with E-state index in [0.717, 1.165) is 18.5 Å². The molecule has 2 aromatic carbocycles. The predicted octanol–water partition coefficient (Wildman–Crippen LogP) is 3.83. The molecule has 0 radical (unpaired) electrons. The van der Waals surface area contributed by atoms with E-state index in [9.17, 15) is 19.2 Å². The van der Waals surface area contributed by atoms with E-state index in [2.05, 4.69) is 5.32 Å². The van der Waals surface area contributed by atoms with Crippen molar-refractivity contribution in [1.29, 1.82) is 0 Å². The third-order valence-corrected chi connectivity index (χ3v) is 5.13. The normalized spacial score (nSPS) is 13.3. The number of ether oxygens (including phenoxy) is 1. The summed E-state index contributed by atoms with van der Waals surface area (Å²) < 4.78 is 5.19. The molecule has 0 saturated carbocycles. The fourth-order valence-corrected chi connectivity index (χ4v) is 3.51. The van der Waals surface area contributed by atoms with Gasteiger partial charge in [-0.15, -0.1) is 0 Å². The van der Waals surface area contributed by atoms with Crippen molar-refractivity contribution in [3.8, 4) is 0 Å². The van der Waals surface area contributed by atoms with Gasteiger partial charge < -0.3 is 15.0 Å². The number of nitrogens with one attached hydrogen (secondary N) is 1. The van der Waals surface area contributed by atoms with Crippen LogP contribution in [0, 0.1) is 5.92 Å². The van der Waals surface area contributed by atoms with E-state index >= 15 is 0 Å². The van der Waals surface area contributed by atoms with Crippen LogP contribution in [0.4, 0.5) is 5.69 Å². The van der Waals surface area contributed by atoms with Gasteiger partial charge in [0.15, 0.2) is 12.4 Å². The van der Waals surface area contributed by atoms with Crippen LogP contribution in [0.25, 0.3) is 0 Å². The van der Waals surface area contributed by atoms with Gasteiger partial charge in [0.05, 0.1) is 5.56 Å². The molecule has 0 unspecified atom stereocenters. The summed E-state index contributed by atoms with van der Waals surface area (Å²) in [6.45, 7) is 4.73. The number of carbonyl (C=O) groups excluding carboxylic acids is 4. The Labute approximate surface area is 187 Å². The lowest BCUT2D eigenvalue weighted by Gasteiger charge is -2.15. The fourth-order valence-electron chi connectivity index (χ4n) is 3.51. The molecule has 1 aliphatic rings. The number of esters is 1. The Kier molecular flexibility index (Phi) is 7.76. The molecule has 1 aliphatic heterocycles. The number of ketones is 1. The summed E-state index contributed by atoms with van der Waals surface area (Å²) in [5, 5.41) is 2.78. The van der Waals surface area contributed by atoms with Crippen molar-refractivity contribution in [3.63, 3.8) is 0 Å². The number of nitrogens with zero attached hydrogens (tertiary/aromatic N) is 1. The van der Waals surface area contributed by atoms with Crippen molar-refractivity contribution >= 4 is 29.3 Å². The number of hydrogen-bond donors (Lipinski definition) is 1. The number of amides is 2. The van der Waals surface area contributed by atoms with Gasteiger partial charge in [0.25, 0.3) is 0 Å². The minimum Gasteiger partial charge on any atom is -0.454 e. The van der Waals surface area contributed by atoms with E-state index in [1.54, 1.807) is 47.4 Å². The zero-order valence-corrected chi connectivity index (χ0v) is 18.4. The Morgan fingerprint density at radius 2 is 1.81 bits per heavy atom. The molecule has 0 bridgehead atoms.